The highest BCUT2D eigenvalue weighted by molar-refractivity contribution is 6.83. The number of carbonyl (C=O) groups excluding carboxylic acids is 2. The average Bonchev–Trinajstić information content (AvgIpc) is 3.34. The third-order valence-corrected chi connectivity index (χ3v) is 9.66. The predicted octanol–water partition coefficient (Wildman–Crippen LogP) is 5.24. The van der Waals surface area contributed by atoms with Crippen molar-refractivity contribution in [2.45, 2.75) is 58.7 Å². The van der Waals surface area contributed by atoms with Gasteiger partial charge in [0.1, 0.15) is 17.6 Å². The first-order valence-corrected chi connectivity index (χ1v) is 18.8. The van der Waals surface area contributed by atoms with Crippen molar-refractivity contribution in [1.82, 2.24) is 20.1 Å². The molecular weight excluding hydrogens is 620 g/mol. The van der Waals surface area contributed by atoms with Crippen LogP contribution in [0.3, 0.4) is 0 Å². The summed E-state index contributed by atoms with van der Waals surface area (Å²) in [7, 11) is -2.46. The van der Waals surface area contributed by atoms with E-state index in [2.05, 4.69) is 20.8 Å². The highest BCUT2D eigenvalue weighted by atomic mass is 35.5. The van der Waals surface area contributed by atoms with E-state index in [9.17, 15) is 14.4 Å². The minimum Gasteiger partial charge on any atom is -0.494 e. The van der Waals surface area contributed by atoms with Gasteiger partial charge in [0.2, 0.25) is 20.1 Å². The number of aliphatic imine (C=N–C) groups is 1. The van der Waals surface area contributed by atoms with Crippen LogP contribution in [0.25, 0.3) is 5.69 Å². The lowest BCUT2D eigenvalue weighted by Gasteiger charge is -2.16. The van der Waals surface area contributed by atoms with Crippen molar-refractivity contribution in [1.29, 1.82) is 0 Å². The number of nitrogens with zero attached hydrogens (tertiary/aromatic N) is 4. The number of aromatic nitrogens is 3. The molecule has 1 aliphatic rings. The SMILES string of the molecule is CCNC(=O)CC1N=C(c2ccc(Cl)cc2)c2cc(OCCCCC(=O)Nc3cccc([Si](C)(C)O)c3)ccc2-n2c(C)nnc21. The molecule has 3 N–H and O–H groups in total. The molecule has 46 heavy (non-hydrogen) atoms. The number of carbonyl (C=O) groups is 2. The largest absolute Gasteiger partial charge is 0.494 e. The van der Waals surface area contributed by atoms with E-state index in [1.165, 1.54) is 0 Å². The van der Waals surface area contributed by atoms with Crippen LogP contribution in [-0.4, -0.2) is 58.6 Å². The minimum absolute atomic E-state index is 0.0781. The zero-order valence-corrected chi connectivity index (χ0v) is 28.3. The number of nitrogens with one attached hydrogen (secondary N) is 2. The topological polar surface area (TPSA) is 131 Å². The second kappa shape index (κ2) is 14.4. The lowest BCUT2D eigenvalue weighted by molar-refractivity contribution is -0.121. The molecule has 1 aromatic heterocycles. The van der Waals surface area contributed by atoms with Crippen LogP contribution >= 0.6 is 11.6 Å². The first kappa shape index (κ1) is 33.1. The van der Waals surface area contributed by atoms with Crippen molar-refractivity contribution >= 4 is 48.3 Å². The molecule has 0 aliphatic carbocycles. The summed E-state index contributed by atoms with van der Waals surface area (Å²) in [4.78, 5) is 40.8. The Morgan fingerprint density at radius 2 is 1.80 bits per heavy atom. The highest BCUT2D eigenvalue weighted by Crippen LogP contribution is 2.34. The van der Waals surface area contributed by atoms with Gasteiger partial charge in [0.25, 0.3) is 0 Å². The molecule has 0 bridgehead atoms. The van der Waals surface area contributed by atoms with Gasteiger partial charge in [0.15, 0.2) is 5.82 Å². The van der Waals surface area contributed by atoms with Gasteiger partial charge in [-0.05, 0) is 87.4 Å². The van der Waals surface area contributed by atoms with Gasteiger partial charge in [-0.15, -0.1) is 10.2 Å². The summed E-state index contributed by atoms with van der Waals surface area (Å²) in [6.07, 6.45) is 1.82. The van der Waals surface area contributed by atoms with E-state index in [1.54, 1.807) is 0 Å². The number of ether oxygens (including phenoxy) is 1. The van der Waals surface area contributed by atoms with E-state index in [0.717, 1.165) is 22.0 Å². The summed E-state index contributed by atoms with van der Waals surface area (Å²) in [6, 6.07) is 20.1. The van der Waals surface area contributed by atoms with Gasteiger partial charge >= 0.3 is 0 Å². The summed E-state index contributed by atoms with van der Waals surface area (Å²) in [5, 5.41) is 16.0. The molecule has 0 fully saturated rings. The van der Waals surface area contributed by atoms with E-state index >= 15 is 0 Å². The van der Waals surface area contributed by atoms with Crippen LogP contribution in [0.5, 0.6) is 5.75 Å². The second-order valence-electron chi connectivity index (χ2n) is 11.8. The molecule has 2 heterocycles. The van der Waals surface area contributed by atoms with Crippen molar-refractivity contribution in [3.8, 4) is 11.4 Å². The zero-order valence-electron chi connectivity index (χ0n) is 26.5. The Kier molecular flexibility index (Phi) is 10.3. The maximum Gasteiger partial charge on any atom is 0.224 e. The number of amides is 2. The number of hydrogen-bond donors (Lipinski definition) is 3. The molecule has 0 saturated carbocycles. The van der Waals surface area contributed by atoms with Crippen molar-refractivity contribution < 1.29 is 19.1 Å². The normalized spacial score (nSPS) is 14.0. The van der Waals surface area contributed by atoms with Crippen molar-refractivity contribution in [3.05, 3.63) is 94.5 Å². The molecule has 3 aromatic carbocycles. The quantitative estimate of drug-likeness (QED) is 0.141. The Labute approximate surface area is 275 Å². The van der Waals surface area contributed by atoms with Crippen LogP contribution in [0.1, 0.15) is 61.4 Å². The molecule has 1 unspecified atom stereocenters. The van der Waals surface area contributed by atoms with Crippen LogP contribution in [0.4, 0.5) is 5.69 Å². The summed E-state index contributed by atoms with van der Waals surface area (Å²) in [6.45, 7) is 8.41. The maximum atomic E-state index is 12.7. The zero-order chi connectivity index (χ0) is 32.8. The fraction of sp³-hybridized carbons (Fsp3) is 0.324. The Morgan fingerprint density at radius 1 is 1.02 bits per heavy atom. The lowest BCUT2D eigenvalue weighted by atomic mass is 10.00. The number of rotatable bonds is 12. The van der Waals surface area contributed by atoms with Crippen molar-refractivity contribution in [2.24, 2.45) is 4.99 Å². The first-order valence-electron chi connectivity index (χ1n) is 15.5. The lowest BCUT2D eigenvalue weighted by Crippen LogP contribution is -2.41. The van der Waals surface area contributed by atoms with Crippen molar-refractivity contribution in [2.75, 3.05) is 18.5 Å². The molecule has 0 radical (unpaired) electrons. The van der Waals surface area contributed by atoms with Gasteiger partial charge in [-0.1, -0.05) is 35.9 Å². The smallest absolute Gasteiger partial charge is 0.224 e. The molecule has 1 atom stereocenters. The molecule has 0 spiro atoms. The van der Waals surface area contributed by atoms with Crippen LogP contribution in [0.2, 0.25) is 18.1 Å². The number of benzene rings is 3. The predicted molar refractivity (Wildman–Crippen MR) is 183 cm³/mol. The molecular formula is C34H39ClN6O4Si. The van der Waals surface area contributed by atoms with E-state index < -0.39 is 14.4 Å². The van der Waals surface area contributed by atoms with Crippen LogP contribution < -0.4 is 20.6 Å². The molecule has 240 valence electrons. The molecule has 0 saturated heterocycles. The van der Waals surface area contributed by atoms with E-state index in [4.69, 9.17) is 21.3 Å². The Hall–Kier alpha value is -4.32. The summed E-state index contributed by atoms with van der Waals surface area (Å²) in [5.41, 5.74) is 3.89. The summed E-state index contributed by atoms with van der Waals surface area (Å²) >= 11 is 6.21. The molecule has 4 aromatic rings. The van der Waals surface area contributed by atoms with Crippen molar-refractivity contribution in [3.63, 3.8) is 0 Å². The number of fused-ring (bicyclic) bond motifs is 3. The van der Waals surface area contributed by atoms with Gasteiger partial charge in [-0.3, -0.25) is 19.1 Å². The van der Waals surface area contributed by atoms with E-state index in [0.29, 0.717) is 66.2 Å². The third-order valence-electron chi connectivity index (χ3n) is 7.69. The van der Waals surface area contributed by atoms with Crippen LogP contribution in [-0.2, 0) is 9.59 Å². The number of anilines is 1. The summed E-state index contributed by atoms with van der Waals surface area (Å²) < 4.78 is 8.11. The fourth-order valence-corrected chi connectivity index (χ4v) is 6.50. The Morgan fingerprint density at radius 3 is 2.54 bits per heavy atom. The Bertz CT molecular complexity index is 1750. The van der Waals surface area contributed by atoms with E-state index in [-0.39, 0.29) is 18.2 Å². The van der Waals surface area contributed by atoms with Gasteiger partial charge in [0, 0.05) is 34.8 Å². The molecule has 1 aliphatic heterocycles. The first-order chi connectivity index (χ1) is 22.0. The van der Waals surface area contributed by atoms with Crippen LogP contribution in [0, 0.1) is 6.92 Å². The molecule has 10 nitrogen and oxygen atoms in total. The second-order valence-corrected chi connectivity index (χ2v) is 15.9. The van der Waals surface area contributed by atoms with Gasteiger partial charge in [0.05, 0.1) is 24.4 Å². The third kappa shape index (κ3) is 7.90. The average molecular weight is 659 g/mol. The van der Waals surface area contributed by atoms with Gasteiger partial charge in [-0.25, -0.2) is 0 Å². The van der Waals surface area contributed by atoms with E-state index in [1.807, 2.05) is 98.2 Å². The monoisotopic (exact) mass is 658 g/mol. The van der Waals surface area contributed by atoms with Gasteiger partial charge < -0.3 is 20.2 Å². The summed E-state index contributed by atoms with van der Waals surface area (Å²) in [5.74, 6) is 1.74. The van der Waals surface area contributed by atoms with Crippen LogP contribution in [0.15, 0.2) is 71.7 Å². The highest BCUT2D eigenvalue weighted by Gasteiger charge is 2.30. The number of hydrogen-bond acceptors (Lipinski definition) is 7. The number of aryl methyl sites for hydroxylation is 1. The number of halogens is 1. The molecule has 5 rings (SSSR count). The minimum atomic E-state index is -2.46. The number of unbranched alkanes of at least 4 members (excludes halogenated alkanes) is 1. The molecule has 2 amide bonds. The maximum absolute atomic E-state index is 12.7. The Balaban J connectivity index is 1.31. The van der Waals surface area contributed by atoms with Gasteiger partial charge in [-0.2, -0.15) is 0 Å². The molecule has 12 heteroatoms. The fourth-order valence-electron chi connectivity index (χ4n) is 5.36. The standard InChI is InChI=1S/C34H39ClN6O4Si/c1-5-36-32(43)21-29-34-40-39-22(2)41(34)30-17-16-26(20-28(30)33(38-29)23-12-14-24(35)15-13-23)45-18-7-6-11-31(42)37-25-9-8-10-27(19-25)46(3,4)44/h8-10,12-17,19-20,29,44H,5-7,11,18,21H2,1-4H3,(H,36,43)(H,37,42).